The first-order chi connectivity index (χ1) is 16.1. The molecule has 8 heteroatoms. The first-order valence-electron chi connectivity index (χ1n) is 11.6. The predicted molar refractivity (Wildman–Crippen MR) is 121 cm³/mol. The Balaban J connectivity index is 1.57. The molecule has 1 aliphatic heterocycles. The summed E-state index contributed by atoms with van der Waals surface area (Å²) in [6.07, 6.45) is -4.87. The molecule has 4 unspecified atom stereocenters. The van der Waals surface area contributed by atoms with E-state index in [0.29, 0.717) is 11.3 Å². The van der Waals surface area contributed by atoms with Crippen LogP contribution < -0.4 is 4.90 Å². The number of anilines is 1. The number of alkyl halides is 4. The van der Waals surface area contributed by atoms with Crippen LogP contribution in [0, 0.1) is 0 Å². The molecule has 2 aliphatic rings. The predicted octanol–water partition coefficient (Wildman–Crippen LogP) is 5.29. The zero-order valence-electron chi connectivity index (χ0n) is 19.0. The highest BCUT2D eigenvalue weighted by Gasteiger charge is 2.55. The minimum Gasteiger partial charge on any atom is -0.361 e. The average molecular weight is 477 g/mol. The topological polar surface area (TPSA) is 40.6 Å². The van der Waals surface area contributed by atoms with E-state index in [1.807, 2.05) is 41.3 Å². The molecule has 0 bridgehead atoms. The maximum Gasteiger partial charge on any atom is 0.471 e. The highest BCUT2D eigenvalue weighted by Crippen LogP contribution is 2.47. The molecule has 4 atom stereocenters. The molecule has 2 aromatic carbocycles. The number of hydrogen-bond acceptors (Lipinski definition) is 3. The number of para-hydroxylation sites is 1. The third-order valence-electron chi connectivity index (χ3n) is 6.89. The van der Waals surface area contributed by atoms with Crippen LogP contribution in [0.2, 0.25) is 0 Å². The third-order valence-corrected chi connectivity index (χ3v) is 6.89. The van der Waals surface area contributed by atoms with Crippen molar-refractivity contribution in [3.8, 4) is 0 Å². The Hall–Kier alpha value is -2.90. The van der Waals surface area contributed by atoms with Crippen LogP contribution in [0.1, 0.15) is 44.1 Å². The van der Waals surface area contributed by atoms with E-state index < -0.39 is 36.4 Å². The molecule has 1 heterocycles. The van der Waals surface area contributed by atoms with Gasteiger partial charge in [-0.1, -0.05) is 55.5 Å². The first-order valence-corrected chi connectivity index (χ1v) is 11.6. The van der Waals surface area contributed by atoms with E-state index in [2.05, 4.69) is 0 Å². The Morgan fingerprint density at radius 3 is 2.26 bits per heavy atom. The Morgan fingerprint density at radius 2 is 1.68 bits per heavy atom. The number of hydrogen-bond donors (Lipinski definition) is 0. The number of benzene rings is 2. The van der Waals surface area contributed by atoms with E-state index in [4.69, 9.17) is 0 Å². The van der Waals surface area contributed by atoms with Crippen LogP contribution in [0.4, 0.5) is 23.2 Å². The first kappa shape index (κ1) is 24.2. The molecule has 1 saturated carbocycles. The number of piperidine rings is 1. The molecule has 0 radical (unpaired) electrons. The van der Waals surface area contributed by atoms with Gasteiger partial charge in [0.05, 0.1) is 12.6 Å². The van der Waals surface area contributed by atoms with Gasteiger partial charge in [0.25, 0.3) is 0 Å². The van der Waals surface area contributed by atoms with Gasteiger partial charge in [-0.05, 0) is 24.1 Å². The van der Waals surface area contributed by atoms with Crippen molar-refractivity contribution in [2.24, 2.45) is 0 Å². The van der Waals surface area contributed by atoms with Crippen LogP contribution in [-0.2, 0) is 9.59 Å². The van der Waals surface area contributed by atoms with Gasteiger partial charge in [-0.25, -0.2) is 4.39 Å². The van der Waals surface area contributed by atoms with Crippen molar-refractivity contribution in [1.29, 1.82) is 0 Å². The van der Waals surface area contributed by atoms with Crippen molar-refractivity contribution in [1.82, 2.24) is 4.90 Å². The summed E-state index contributed by atoms with van der Waals surface area (Å²) in [5.74, 6) is -2.45. The van der Waals surface area contributed by atoms with Crippen molar-refractivity contribution < 1.29 is 27.2 Å². The molecule has 0 aromatic heterocycles. The van der Waals surface area contributed by atoms with Gasteiger partial charge in [0.1, 0.15) is 5.67 Å². The Labute approximate surface area is 196 Å². The lowest BCUT2D eigenvalue weighted by Gasteiger charge is -2.44. The summed E-state index contributed by atoms with van der Waals surface area (Å²) < 4.78 is 56.6. The molecule has 2 aromatic rings. The smallest absolute Gasteiger partial charge is 0.361 e. The van der Waals surface area contributed by atoms with Gasteiger partial charge in [0, 0.05) is 43.5 Å². The number of rotatable bonds is 7. The lowest BCUT2D eigenvalue weighted by atomic mass is 9.84. The summed E-state index contributed by atoms with van der Waals surface area (Å²) in [7, 11) is 0. The molecule has 1 aliphatic carbocycles. The number of ketones is 1. The molecular formula is C26H28F4N2O2. The van der Waals surface area contributed by atoms with E-state index in [-0.39, 0.29) is 37.5 Å². The number of nitrogens with zero attached hydrogens (tertiary/aromatic N) is 2. The second-order valence-corrected chi connectivity index (χ2v) is 9.22. The lowest BCUT2D eigenvalue weighted by Crippen LogP contribution is -2.57. The molecular weight excluding hydrogens is 448 g/mol. The summed E-state index contributed by atoms with van der Waals surface area (Å²) in [4.78, 5) is 27.6. The van der Waals surface area contributed by atoms with E-state index in [9.17, 15) is 22.8 Å². The molecule has 34 heavy (non-hydrogen) atoms. The number of amides is 1. The van der Waals surface area contributed by atoms with E-state index in [0.717, 1.165) is 11.3 Å². The second kappa shape index (κ2) is 9.39. The fourth-order valence-corrected chi connectivity index (χ4v) is 5.02. The van der Waals surface area contributed by atoms with Gasteiger partial charge in [0.2, 0.25) is 0 Å². The van der Waals surface area contributed by atoms with Crippen LogP contribution in [0.15, 0.2) is 60.7 Å². The molecule has 182 valence electrons. The standard InChI is InChI=1S/C26H28F4N2O2/c1-2-23(33)22-16-25(27,13-14-31(22)19-11-7-4-8-12-19)17-32(24(34)26(28,29)30)21-15-20(21)18-9-5-3-6-10-18/h3-12,20-22H,2,13-17H2,1H3. The fourth-order valence-electron chi connectivity index (χ4n) is 5.02. The lowest BCUT2D eigenvalue weighted by molar-refractivity contribution is -0.188. The minimum absolute atomic E-state index is 0.0697. The molecule has 2 fully saturated rings. The summed E-state index contributed by atoms with van der Waals surface area (Å²) in [5.41, 5.74) is -0.491. The van der Waals surface area contributed by atoms with Gasteiger partial charge in [-0.3, -0.25) is 9.59 Å². The number of Topliss-reactive ketones (excluding diaryl/α,β-unsaturated/α-hetero) is 1. The summed E-state index contributed by atoms with van der Waals surface area (Å²) >= 11 is 0. The molecule has 4 rings (SSSR count). The maximum absolute atomic E-state index is 16.2. The zero-order valence-corrected chi connectivity index (χ0v) is 19.0. The highest BCUT2D eigenvalue weighted by molar-refractivity contribution is 5.87. The molecule has 1 saturated heterocycles. The summed E-state index contributed by atoms with van der Waals surface area (Å²) in [6, 6.07) is 16.6. The van der Waals surface area contributed by atoms with E-state index >= 15 is 4.39 Å². The van der Waals surface area contributed by atoms with Gasteiger partial charge in [-0.2, -0.15) is 13.2 Å². The van der Waals surface area contributed by atoms with Crippen LogP contribution >= 0.6 is 0 Å². The van der Waals surface area contributed by atoms with E-state index in [1.54, 1.807) is 31.2 Å². The number of carbonyl (C=O) groups is 2. The molecule has 1 amide bonds. The fraction of sp³-hybridized carbons (Fsp3) is 0.462. The number of halogens is 4. The normalized spacial score (nSPS) is 26.7. The monoisotopic (exact) mass is 476 g/mol. The quantitative estimate of drug-likeness (QED) is 0.510. The van der Waals surface area contributed by atoms with E-state index in [1.165, 1.54) is 0 Å². The van der Waals surface area contributed by atoms with Crippen molar-refractivity contribution in [3.63, 3.8) is 0 Å². The van der Waals surface area contributed by atoms with Gasteiger partial charge >= 0.3 is 12.1 Å². The van der Waals surface area contributed by atoms with Crippen LogP contribution in [0.25, 0.3) is 0 Å². The van der Waals surface area contributed by atoms with Crippen molar-refractivity contribution in [2.75, 3.05) is 18.0 Å². The molecule has 4 nitrogen and oxygen atoms in total. The Kier molecular flexibility index (Phi) is 6.69. The second-order valence-electron chi connectivity index (χ2n) is 9.22. The SMILES string of the molecule is CCC(=O)C1CC(F)(CN(C(=O)C(F)(F)F)C2CC2c2ccccc2)CCN1c1ccccc1. The molecule has 0 N–H and O–H groups in total. The molecule has 0 spiro atoms. The Morgan fingerprint density at radius 1 is 1.06 bits per heavy atom. The van der Waals surface area contributed by atoms with Crippen molar-refractivity contribution in [3.05, 3.63) is 66.2 Å². The maximum atomic E-state index is 16.2. The van der Waals surface area contributed by atoms with Gasteiger partial charge < -0.3 is 9.80 Å². The largest absolute Gasteiger partial charge is 0.471 e. The Bertz CT molecular complexity index is 1010. The number of carbonyl (C=O) groups excluding carboxylic acids is 2. The summed E-state index contributed by atoms with van der Waals surface area (Å²) in [5, 5.41) is 0. The average Bonchev–Trinajstić information content (AvgIpc) is 3.63. The van der Waals surface area contributed by atoms with Crippen molar-refractivity contribution >= 4 is 17.4 Å². The summed E-state index contributed by atoms with van der Waals surface area (Å²) in [6.45, 7) is 1.20. The highest BCUT2D eigenvalue weighted by atomic mass is 19.4. The zero-order chi connectivity index (χ0) is 24.5. The van der Waals surface area contributed by atoms with Crippen molar-refractivity contribution in [2.45, 2.75) is 62.5 Å². The van der Waals surface area contributed by atoms with Gasteiger partial charge in [-0.15, -0.1) is 0 Å². The van der Waals surface area contributed by atoms with Gasteiger partial charge in [0.15, 0.2) is 5.78 Å². The third kappa shape index (κ3) is 5.10. The van der Waals surface area contributed by atoms with Crippen LogP contribution in [-0.4, -0.2) is 53.6 Å². The van der Waals surface area contributed by atoms with Crippen LogP contribution in [0.3, 0.4) is 0 Å². The minimum atomic E-state index is -5.09. The van der Waals surface area contributed by atoms with Crippen LogP contribution in [0.5, 0.6) is 0 Å².